The minimum absolute atomic E-state index is 0.0414. The summed E-state index contributed by atoms with van der Waals surface area (Å²) in [4.78, 5) is 30.1. The molecule has 0 aliphatic carbocycles. The molecule has 0 aliphatic heterocycles. The molecule has 46 heavy (non-hydrogen) atoms. The number of carbonyl (C=O) groups excluding carboxylic acids is 2. The van der Waals surface area contributed by atoms with Crippen LogP contribution in [0.25, 0.3) is 0 Å². The monoisotopic (exact) mass is 679 g/mol. The van der Waals surface area contributed by atoms with Gasteiger partial charge in [0.1, 0.15) is 12.6 Å². The lowest BCUT2D eigenvalue weighted by atomic mass is 10.0. The van der Waals surface area contributed by atoms with Crippen LogP contribution in [0.5, 0.6) is 0 Å². The average Bonchev–Trinajstić information content (AvgIpc) is 3.04. The molecule has 0 spiro atoms. The Morgan fingerprint density at radius 2 is 1.46 bits per heavy atom. The zero-order valence-corrected chi connectivity index (χ0v) is 28.7. The fraction of sp³-hybridized carbons (Fsp3) is 0.278. The molecule has 4 aromatic carbocycles. The Morgan fingerprint density at radius 3 is 2.07 bits per heavy atom. The smallest absolute Gasteiger partial charge is 0.264 e. The van der Waals surface area contributed by atoms with Gasteiger partial charge in [0.25, 0.3) is 10.0 Å². The average molecular weight is 681 g/mol. The van der Waals surface area contributed by atoms with Gasteiger partial charge in [-0.05, 0) is 74.2 Å². The lowest BCUT2D eigenvalue weighted by molar-refractivity contribution is -0.140. The van der Waals surface area contributed by atoms with E-state index in [0.29, 0.717) is 33.3 Å². The summed E-state index contributed by atoms with van der Waals surface area (Å²) in [5.41, 5.74) is 3.16. The predicted octanol–water partition coefficient (Wildman–Crippen LogP) is 7.36. The van der Waals surface area contributed by atoms with Gasteiger partial charge in [-0.3, -0.25) is 13.9 Å². The normalized spacial score (nSPS) is 12.7. The number of nitrogens with one attached hydrogen (secondary N) is 1. The topological polar surface area (TPSA) is 86.8 Å². The van der Waals surface area contributed by atoms with Gasteiger partial charge in [-0.2, -0.15) is 0 Å². The Bertz CT molecular complexity index is 1750. The lowest BCUT2D eigenvalue weighted by Gasteiger charge is -2.35. The molecule has 0 fully saturated rings. The van der Waals surface area contributed by atoms with Crippen molar-refractivity contribution in [2.24, 2.45) is 0 Å². The van der Waals surface area contributed by atoms with Gasteiger partial charge >= 0.3 is 0 Å². The number of anilines is 1. The summed E-state index contributed by atoms with van der Waals surface area (Å²) in [6.45, 7) is 6.83. The van der Waals surface area contributed by atoms with Crippen molar-refractivity contribution in [1.82, 2.24) is 10.2 Å². The van der Waals surface area contributed by atoms with E-state index in [0.717, 1.165) is 15.4 Å². The van der Waals surface area contributed by atoms with E-state index in [-0.39, 0.29) is 29.8 Å². The number of nitrogens with zero attached hydrogens (tertiary/aromatic N) is 2. The van der Waals surface area contributed by atoms with Gasteiger partial charge in [-0.25, -0.2) is 8.42 Å². The Morgan fingerprint density at radius 1 is 0.848 bits per heavy atom. The third-order valence-electron chi connectivity index (χ3n) is 7.91. The van der Waals surface area contributed by atoms with Crippen LogP contribution in [-0.4, -0.2) is 43.8 Å². The summed E-state index contributed by atoms with van der Waals surface area (Å²) in [5.74, 6) is -0.949. The van der Waals surface area contributed by atoms with E-state index in [1.54, 1.807) is 49.4 Å². The zero-order chi connectivity index (χ0) is 33.4. The molecule has 0 bridgehead atoms. The van der Waals surface area contributed by atoms with Crippen LogP contribution in [0.4, 0.5) is 5.69 Å². The number of hydrogen-bond donors (Lipinski definition) is 1. The number of rotatable bonds is 13. The molecule has 2 atom stereocenters. The molecule has 0 saturated carbocycles. The number of aryl methyl sites for hydroxylation is 2. The molecule has 0 aliphatic rings. The summed E-state index contributed by atoms with van der Waals surface area (Å²) in [6, 6.07) is 26.7. The van der Waals surface area contributed by atoms with Crippen LogP contribution in [0.3, 0.4) is 0 Å². The van der Waals surface area contributed by atoms with Crippen molar-refractivity contribution in [3.8, 4) is 0 Å². The van der Waals surface area contributed by atoms with Gasteiger partial charge < -0.3 is 10.2 Å². The molecule has 0 aromatic heterocycles. The summed E-state index contributed by atoms with van der Waals surface area (Å²) < 4.78 is 29.6. The van der Waals surface area contributed by atoms with Gasteiger partial charge in [0.05, 0.1) is 10.6 Å². The highest BCUT2D eigenvalue weighted by molar-refractivity contribution is 7.92. The first-order valence-electron chi connectivity index (χ1n) is 15.1. The number of benzene rings is 4. The molecule has 4 aromatic rings. The maximum absolute atomic E-state index is 14.7. The highest BCUT2D eigenvalue weighted by atomic mass is 35.5. The molecule has 1 N–H and O–H groups in total. The van der Waals surface area contributed by atoms with Crippen LogP contribution in [-0.2, 0) is 32.6 Å². The minimum Gasteiger partial charge on any atom is -0.352 e. The highest BCUT2D eigenvalue weighted by Gasteiger charge is 2.36. The van der Waals surface area contributed by atoms with Gasteiger partial charge in [-0.1, -0.05) is 96.9 Å². The molecule has 2 amide bonds. The van der Waals surface area contributed by atoms with E-state index in [4.69, 9.17) is 23.2 Å². The van der Waals surface area contributed by atoms with E-state index in [9.17, 15) is 18.0 Å². The summed E-state index contributed by atoms with van der Waals surface area (Å²) in [5, 5.41) is 3.68. The third kappa shape index (κ3) is 8.49. The molecule has 2 unspecified atom stereocenters. The van der Waals surface area contributed by atoms with E-state index in [2.05, 4.69) is 5.32 Å². The molecule has 4 rings (SSSR count). The fourth-order valence-corrected chi connectivity index (χ4v) is 7.08. The standard InChI is InChI=1S/C36H39Cl2N3O4S/c1-5-27(4)39-36(43)34(22-28-13-8-6-9-14-28)40(23-30-31(37)17-12-18-32(30)38)35(42)24-41(33-21-25(2)19-20-26(33)3)46(44,45)29-15-10-7-11-16-29/h6-21,27,34H,5,22-24H2,1-4H3,(H,39,43). The number of carbonyl (C=O) groups is 2. The minimum atomic E-state index is -4.21. The van der Waals surface area contributed by atoms with Crippen LogP contribution in [0.15, 0.2) is 102 Å². The number of sulfonamides is 1. The van der Waals surface area contributed by atoms with Crippen LogP contribution in [0, 0.1) is 13.8 Å². The Hall–Kier alpha value is -3.85. The van der Waals surface area contributed by atoms with Crippen molar-refractivity contribution < 1.29 is 18.0 Å². The van der Waals surface area contributed by atoms with Crippen molar-refractivity contribution in [1.29, 1.82) is 0 Å². The van der Waals surface area contributed by atoms with E-state index in [1.807, 2.05) is 63.2 Å². The van der Waals surface area contributed by atoms with Crippen molar-refractivity contribution >= 4 is 50.7 Å². The molecule has 7 nitrogen and oxygen atoms in total. The first-order valence-corrected chi connectivity index (χ1v) is 17.3. The molecular formula is C36H39Cl2N3O4S. The number of halogens is 2. The Balaban J connectivity index is 1.87. The second kappa shape index (κ2) is 15.6. The maximum atomic E-state index is 14.7. The maximum Gasteiger partial charge on any atom is 0.264 e. The van der Waals surface area contributed by atoms with Gasteiger partial charge in [0.15, 0.2) is 0 Å². The number of amides is 2. The van der Waals surface area contributed by atoms with Crippen LogP contribution < -0.4 is 9.62 Å². The van der Waals surface area contributed by atoms with E-state index >= 15 is 0 Å². The summed E-state index contributed by atoms with van der Waals surface area (Å²) >= 11 is 13.2. The Labute approximate surface area is 282 Å². The SMILES string of the molecule is CCC(C)NC(=O)C(Cc1ccccc1)N(Cc1c(Cl)cccc1Cl)C(=O)CN(c1cc(C)ccc1C)S(=O)(=O)c1ccccc1. The molecular weight excluding hydrogens is 641 g/mol. The van der Waals surface area contributed by atoms with Crippen molar-refractivity contribution in [2.75, 3.05) is 10.8 Å². The lowest BCUT2D eigenvalue weighted by Crippen LogP contribution is -2.54. The third-order valence-corrected chi connectivity index (χ3v) is 10.4. The van der Waals surface area contributed by atoms with Gasteiger partial charge in [0, 0.05) is 34.6 Å². The summed E-state index contributed by atoms with van der Waals surface area (Å²) in [7, 11) is -4.21. The van der Waals surface area contributed by atoms with Crippen LogP contribution >= 0.6 is 23.2 Å². The van der Waals surface area contributed by atoms with Gasteiger partial charge in [0.2, 0.25) is 11.8 Å². The predicted molar refractivity (Wildman–Crippen MR) is 186 cm³/mol. The molecule has 0 heterocycles. The molecule has 0 saturated heterocycles. The molecule has 0 radical (unpaired) electrons. The van der Waals surface area contributed by atoms with Crippen LogP contribution in [0.1, 0.15) is 42.5 Å². The fourth-order valence-electron chi connectivity index (χ4n) is 5.07. The second-order valence-corrected chi connectivity index (χ2v) is 14.0. The Kier molecular flexibility index (Phi) is 11.9. The van der Waals surface area contributed by atoms with Crippen LogP contribution in [0.2, 0.25) is 10.0 Å². The highest BCUT2D eigenvalue weighted by Crippen LogP contribution is 2.30. The molecule has 242 valence electrons. The second-order valence-electron chi connectivity index (χ2n) is 11.4. The van der Waals surface area contributed by atoms with E-state index in [1.165, 1.54) is 17.0 Å². The summed E-state index contributed by atoms with van der Waals surface area (Å²) in [6.07, 6.45) is 0.871. The van der Waals surface area contributed by atoms with E-state index < -0.39 is 28.5 Å². The number of hydrogen-bond acceptors (Lipinski definition) is 4. The zero-order valence-electron chi connectivity index (χ0n) is 26.4. The first-order chi connectivity index (χ1) is 21.9. The molecule has 10 heteroatoms. The van der Waals surface area contributed by atoms with Crippen molar-refractivity contribution in [3.63, 3.8) is 0 Å². The quantitative estimate of drug-likeness (QED) is 0.160. The largest absolute Gasteiger partial charge is 0.352 e. The van der Waals surface area contributed by atoms with Crippen molar-refractivity contribution in [3.05, 3.63) is 129 Å². The van der Waals surface area contributed by atoms with Gasteiger partial charge in [-0.15, -0.1) is 0 Å². The first kappa shape index (κ1) is 35.0. The van der Waals surface area contributed by atoms with Crippen molar-refractivity contribution in [2.45, 2.75) is 64.1 Å².